The minimum atomic E-state index is -0.509. The van der Waals surface area contributed by atoms with Crippen molar-refractivity contribution in [3.63, 3.8) is 0 Å². The normalized spacial score (nSPS) is 13.6. The molecule has 0 radical (unpaired) electrons. The number of fused-ring (bicyclic) bond motifs is 3. The van der Waals surface area contributed by atoms with Crippen molar-refractivity contribution in [1.29, 1.82) is 0 Å². The summed E-state index contributed by atoms with van der Waals surface area (Å²) in [6, 6.07) is 6.88. The molecule has 0 atom stereocenters. The summed E-state index contributed by atoms with van der Waals surface area (Å²) in [6.07, 6.45) is 0. The quantitative estimate of drug-likeness (QED) is 0.578. The molecule has 0 unspecified atom stereocenters. The van der Waals surface area contributed by atoms with Gasteiger partial charge in [0.1, 0.15) is 5.36 Å². The van der Waals surface area contributed by atoms with E-state index in [-0.39, 0.29) is 0 Å². The van der Waals surface area contributed by atoms with E-state index in [0.29, 0.717) is 10.8 Å². The van der Waals surface area contributed by atoms with Crippen LogP contribution in [0.5, 0.6) is 0 Å². The second-order valence-corrected chi connectivity index (χ2v) is 2.90. The van der Waals surface area contributed by atoms with Gasteiger partial charge in [0.2, 0.25) is 5.49 Å². The summed E-state index contributed by atoms with van der Waals surface area (Å²) in [5.41, 5.74) is 1.04. The number of rotatable bonds is 0. The Morgan fingerprint density at radius 1 is 1.00 bits per heavy atom. The van der Waals surface area contributed by atoms with Crippen molar-refractivity contribution >= 4 is 16.9 Å². The highest BCUT2D eigenvalue weighted by Gasteiger charge is 2.09. The number of urea groups is 1. The van der Waals surface area contributed by atoms with E-state index in [1.54, 1.807) is 0 Å². The van der Waals surface area contributed by atoms with Crippen LogP contribution in [-0.4, -0.2) is 16.2 Å². The monoisotopic (exact) mass is 184 g/mol. The molecule has 0 bridgehead atoms. The fourth-order valence-electron chi connectivity index (χ4n) is 1.43. The minimum Gasteiger partial charge on any atom is -0.244 e. The van der Waals surface area contributed by atoms with Gasteiger partial charge >= 0.3 is 6.03 Å². The SMILES string of the molecule is O=C1N=c2nnc3ccccc3c2=N1. The van der Waals surface area contributed by atoms with Gasteiger partial charge in [0.15, 0.2) is 0 Å². The number of aromatic nitrogens is 2. The van der Waals surface area contributed by atoms with E-state index >= 15 is 0 Å². The molecule has 1 aliphatic rings. The van der Waals surface area contributed by atoms with Crippen LogP contribution in [0.1, 0.15) is 0 Å². The van der Waals surface area contributed by atoms with Crippen molar-refractivity contribution in [3.05, 3.63) is 35.1 Å². The van der Waals surface area contributed by atoms with Gasteiger partial charge in [-0.2, -0.15) is 9.98 Å². The first kappa shape index (κ1) is 7.25. The standard InChI is InChI=1S/C9H4N4O/c14-9-10-7-5-3-1-2-4-6(5)12-13-8(7)11-9/h1-4H. The van der Waals surface area contributed by atoms with Gasteiger partial charge in [0.25, 0.3) is 0 Å². The molecule has 0 N–H and O–H groups in total. The molecule has 0 spiro atoms. The number of carbonyl (C=O) groups is 1. The molecular formula is C9H4N4O. The number of benzene rings is 1. The predicted molar refractivity (Wildman–Crippen MR) is 47.2 cm³/mol. The van der Waals surface area contributed by atoms with Crippen LogP contribution in [0.3, 0.4) is 0 Å². The third-order valence-electron chi connectivity index (χ3n) is 2.03. The van der Waals surface area contributed by atoms with Crippen molar-refractivity contribution in [2.75, 3.05) is 0 Å². The summed E-state index contributed by atoms with van der Waals surface area (Å²) in [5, 5.41) is 9.08. The molecule has 14 heavy (non-hydrogen) atoms. The van der Waals surface area contributed by atoms with E-state index in [9.17, 15) is 4.79 Å². The molecule has 1 aliphatic heterocycles. The molecule has 66 valence electrons. The smallest absolute Gasteiger partial charge is 0.244 e. The zero-order valence-electron chi connectivity index (χ0n) is 7.01. The molecule has 1 aromatic carbocycles. The molecule has 3 rings (SSSR count). The second-order valence-electron chi connectivity index (χ2n) is 2.90. The maximum absolute atomic E-state index is 10.9. The van der Waals surface area contributed by atoms with Crippen LogP contribution in [0.25, 0.3) is 10.9 Å². The summed E-state index contributed by atoms with van der Waals surface area (Å²) >= 11 is 0. The lowest BCUT2D eigenvalue weighted by Crippen LogP contribution is -2.27. The highest BCUT2D eigenvalue weighted by Crippen LogP contribution is 2.03. The molecule has 5 nitrogen and oxygen atoms in total. The number of nitrogens with zero attached hydrogens (tertiary/aromatic N) is 4. The fourth-order valence-corrected chi connectivity index (χ4v) is 1.43. The molecule has 2 aromatic rings. The maximum atomic E-state index is 10.9. The lowest BCUT2D eigenvalue weighted by atomic mass is 10.2. The maximum Gasteiger partial charge on any atom is 0.369 e. The Labute approximate surface area is 77.8 Å². The van der Waals surface area contributed by atoms with E-state index in [0.717, 1.165) is 10.9 Å². The van der Waals surface area contributed by atoms with Gasteiger partial charge in [-0.1, -0.05) is 18.2 Å². The third kappa shape index (κ3) is 0.861. The average Bonchev–Trinajstić information content (AvgIpc) is 2.59. The van der Waals surface area contributed by atoms with Crippen LogP contribution < -0.4 is 10.8 Å². The van der Waals surface area contributed by atoms with E-state index in [4.69, 9.17) is 0 Å². The van der Waals surface area contributed by atoms with E-state index in [1.165, 1.54) is 0 Å². The predicted octanol–water partition coefficient (Wildman–Crippen LogP) is 0.00260. The summed E-state index contributed by atoms with van der Waals surface area (Å²) in [5.74, 6) is 0. The zero-order valence-corrected chi connectivity index (χ0v) is 7.01. The Balaban J connectivity index is 2.65. The van der Waals surface area contributed by atoms with Crippen molar-refractivity contribution in [2.45, 2.75) is 0 Å². The van der Waals surface area contributed by atoms with Crippen LogP contribution in [-0.2, 0) is 0 Å². The Morgan fingerprint density at radius 3 is 2.79 bits per heavy atom. The molecule has 0 saturated carbocycles. The van der Waals surface area contributed by atoms with Crippen LogP contribution in [0, 0.1) is 0 Å². The van der Waals surface area contributed by atoms with E-state index in [1.807, 2.05) is 24.3 Å². The third-order valence-corrected chi connectivity index (χ3v) is 2.03. The Morgan fingerprint density at radius 2 is 1.86 bits per heavy atom. The molecule has 0 saturated heterocycles. The summed E-state index contributed by atoms with van der Waals surface area (Å²) in [6.45, 7) is 0. The first-order chi connectivity index (χ1) is 6.84. The van der Waals surface area contributed by atoms with Crippen LogP contribution in [0.4, 0.5) is 4.79 Å². The van der Waals surface area contributed by atoms with Crippen molar-refractivity contribution < 1.29 is 4.79 Å². The number of hydrogen-bond donors (Lipinski definition) is 0. The lowest BCUT2D eigenvalue weighted by molar-refractivity contribution is 0.256. The highest BCUT2D eigenvalue weighted by molar-refractivity contribution is 5.83. The van der Waals surface area contributed by atoms with E-state index < -0.39 is 6.03 Å². The summed E-state index contributed by atoms with van der Waals surface area (Å²) in [7, 11) is 0. The largest absolute Gasteiger partial charge is 0.369 e. The molecule has 2 heterocycles. The van der Waals surface area contributed by atoms with Gasteiger partial charge in [-0.25, -0.2) is 4.79 Å². The summed E-state index contributed by atoms with van der Waals surface area (Å²) < 4.78 is 0. The molecular weight excluding hydrogens is 180 g/mol. The second kappa shape index (κ2) is 2.41. The number of carbonyl (C=O) groups excluding carboxylic acids is 1. The molecule has 5 heteroatoms. The van der Waals surface area contributed by atoms with Crippen LogP contribution in [0.15, 0.2) is 34.3 Å². The fraction of sp³-hybridized carbons (Fsp3) is 0. The topological polar surface area (TPSA) is 67.6 Å². The van der Waals surface area contributed by atoms with Crippen LogP contribution in [0.2, 0.25) is 0 Å². The van der Waals surface area contributed by atoms with Gasteiger partial charge in [-0.3, -0.25) is 0 Å². The summed E-state index contributed by atoms with van der Waals surface area (Å²) in [4.78, 5) is 18.3. The lowest BCUT2D eigenvalue weighted by Gasteiger charge is -1.91. The number of amides is 2. The average molecular weight is 184 g/mol. The van der Waals surface area contributed by atoms with Gasteiger partial charge in [0, 0.05) is 5.39 Å². The first-order valence-corrected chi connectivity index (χ1v) is 4.07. The van der Waals surface area contributed by atoms with Gasteiger partial charge < -0.3 is 0 Å². The van der Waals surface area contributed by atoms with Gasteiger partial charge in [-0.05, 0) is 6.07 Å². The van der Waals surface area contributed by atoms with Crippen LogP contribution >= 0.6 is 0 Å². The zero-order chi connectivity index (χ0) is 9.54. The van der Waals surface area contributed by atoms with Gasteiger partial charge in [-0.15, -0.1) is 10.2 Å². The van der Waals surface area contributed by atoms with E-state index in [2.05, 4.69) is 20.2 Å². The molecule has 1 aromatic heterocycles. The molecule has 0 fully saturated rings. The minimum absolute atomic E-state index is 0.314. The Bertz CT molecular complexity index is 662. The highest BCUT2D eigenvalue weighted by atomic mass is 16.2. The molecule has 0 aliphatic carbocycles. The first-order valence-electron chi connectivity index (χ1n) is 4.07. The number of hydrogen-bond acceptors (Lipinski definition) is 3. The van der Waals surface area contributed by atoms with Crippen molar-refractivity contribution in [3.8, 4) is 0 Å². The molecule has 2 amide bonds. The van der Waals surface area contributed by atoms with Gasteiger partial charge in [0.05, 0.1) is 5.52 Å². The van der Waals surface area contributed by atoms with Crippen molar-refractivity contribution in [2.24, 2.45) is 9.98 Å². The Kier molecular flexibility index (Phi) is 1.25. The van der Waals surface area contributed by atoms with Crippen molar-refractivity contribution in [1.82, 2.24) is 10.2 Å². The Hall–Kier alpha value is -2.17.